The number of hydrogen-bond acceptors (Lipinski definition) is 5. The molecule has 1 aromatic heterocycles. The Hall–Kier alpha value is -3.25. The molecule has 1 aromatic carbocycles. The Kier molecular flexibility index (Phi) is 5.57. The number of aromatic carboxylic acids is 2. The molecule has 0 radical (unpaired) electrons. The second-order valence-electron chi connectivity index (χ2n) is 5.23. The number of carbonyl (C=O) groups is 2. The number of pyridine rings is 1. The second-order valence-corrected chi connectivity index (χ2v) is 5.23. The predicted octanol–water partition coefficient (Wildman–Crippen LogP) is 3.51. The second kappa shape index (κ2) is 7.40. The van der Waals surface area contributed by atoms with Crippen LogP contribution in [-0.4, -0.2) is 52.7 Å². The SMILES string of the molecule is O=C(O)c1c(C(=O)O)c(OCC(F)(F)F)c2ncccc2c1OCC(F)(F)F. The highest BCUT2D eigenvalue weighted by atomic mass is 19.4. The Morgan fingerprint density at radius 2 is 1.36 bits per heavy atom. The first-order chi connectivity index (χ1) is 12.8. The predicted molar refractivity (Wildman–Crippen MR) is 78.8 cm³/mol. The van der Waals surface area contributed by atoms with Crippen molar-refractivity contribution in [2.75, 3.05) is 13.2 Å². The highest BCUT2D eigenvalue weighted by Crippen LogP contribution is 2.41. The number of benzene rings is 1. The van der Waals surface area contributed by atoms with Gasteiger partial charge in [-0.25, -0.2) is 9.59 Å². The zero-order valence-electron chi connectivity index (χ0n) is 13.4. The quantitative estimate of drug-likeness (QED) is 0.698. The zero-order chi connectivity index (χ0) is 21.3. The van der Waals surface area contributed by atoms with Crippen LogP contribution in [0.15, 0.2) is 18.3 Å². The van der Waals surface area contributed by atoms with E-state index in [-0.39, 0.29) is 0 Å². The summed E-state index contributed by atoms with van der Waals surface area (Å²) in [5.41, 5.74) is -3.22. The molecule has 13 heteroatoms. The van der Waals surface area contributed by atoms with E-state index in [9.17, 15) is 46.1 Å². The number of alkyl halides is 6. The molecule has 0 saturated heterocycles. The number of hydrogen-bond donors (Lipinski definition) is 2. The van der Waals surface area contributed by atoms with Crippen molar-refractivity contribution >= 4 is 22.8 Å². The summed E-state index contributed by atoms with van der Waals surface area (Å²) in [7, 11) is 0. The van der Waals surface area contributed by atoms with Crippen LogP contribution in [0.1, 0.15) is 20.7 Å². The van der Waals surface area contributed by atoms with Crippen molar-refractivity contribution in [3.05, 3.63) is 29.5 Å². The van der Waals surface area contributed by atoms with Crippen LogP contribution in [0.3, 0.4) is 0 Å². The molecule has 0 fully saturated rings. The molecule has 7 nitrogen and oxygen atoms in total. The highest BCUT2D eigenvalue weighted by molar-refractivity contribution is 6.12. The van der Waals surface area contributed by atoms with Gasteiger partial charge in [-0.15, -0.1) is 0 Å². The molecular weight excluding hydrogens is 404 g/mol. The van der Waals surface area contributed by atoms with Gasteiger partial charge in [0.25, 0.3) is 0 Å². The van der Waals surface area contributed by atoms with Crippen molar-refractivity contribution in [3.8, 4) is 11.5 Å². The minimum absolute atomic E-state index is 0.466. The van der Waals surface area contributed by atoms with Gasteiger partial charge in [0.1, 0.15) is 22.4 Å². The van der Waals surface area contributed by atoms with Gasteiger partial charge < -0.3 is 19.7 Å². The van der Waals surface area contributed by atoms with Crippen LogP contribution in [0, 0.1) is 0 Å². The van der Waals surface area contributed by atoms with E-state index in [0.717, 1.165) is 18.3 Å². The number of carboxylic acid groups (broad SMARTS) is 2. The molecule has 0 spiro atoms. The van der Waals surface area contributed by atoms with E-state index in [2.05, 4.69) is 14.5 Å². The van der Waals surface area contributed by atoms with Crippen LogP contribution in [0.4, 0.5) is 26.3 Å². The lowest BCUT2D eigenvalue weighted by atomic mass is 10.00. The molecule has 2 rings (SSSR count). The summed E-state index contributed by atoms with van der Waals surface area (Å²) < 4.78 is 84.0. The number of carboxylic acids is 2. The maximum Gasteiger partial charge on any atom is 0.422 e. The lowest BCUT2D eigenvalue weighted by molar-refractivity contribution is -0.154. The van der Waals surface area contributed by atoms with E-state index in [0.29, 0.717) is 0 Å². The monoisotopic (exact) mass is 413 g/mol. The lowest BCUT2D eigenvalue weighted by Crippen LogP contribution is -2.23. The molecule has 0 aliphatic carbocycles. The van der Waals surface area contributed by atoms with Crippen LogP contribution in [0.2, 0.25) is 0 Å². The smallest absolute Gasteiger partial charge is 0.422 e. The molecule has 0 aliphatic heterocycles. The minimum atomic E-state index is -4.91. The maximum atomic E-state index is 12.5. The summed E-state index contributed by atoms with van der Waals surface area (Å²) in [6, 6.07) is 2.15. The van der Waals surface area contributed by atoms with Crippen LogP contribution in [-0.2, 0) is 0 Å². The minimum Gasteiger partial charge on any atom is -0.482 e. The van der Waals surface area contributed by atoms with Crippen LogP contribution >= 0.6 is 0 Å². The van der Waals surface area contributed by atoms with Crippen LogP contribution in [0.25, 0.3) is 10.9 Å². The third kappa shape index (κ3) is 4.72. The molecule has 2 aromatic rings. The molecule has 0 aliphatic rings. The highest BCUT2D eigenvalue weighted by Gasteiger charge is 2.36. The molecule has 2 N–H and O–H groups in total. The van der Waals surface area contributed by atoms with Crippen molar-refractivity contribution < 1.29 is 55.6 Å². The summed E-state index contributed by atoms with van der Waals surface area (Å²) in [6.45, 7) is -3.96. The number of nitrogens with zero attached hydrogens (tertiary/aromatic N) is 1. The van der Waals surface area contributed by atoms with Crippen molar-refractivity contribution in [1.82, 2.24) is 4.98 Å². The van der Waals surface area contributed by atoms with Crippen molar-refractivity contribution in [2.45, 2.75) is 12.4 Å². The zero-order valence-corrected chi connectivity index (χ0v) is 13.4. The summed E-state index contributed by atoms with van der Waals surface area (Å²) in [6.07, 6.45) is -8.81. The lowest BCUT2D eigenvalue weighted by Gasteiger charge is -2.19. The van der Waals surface area contributed by atoms with Gasteiger partial charge in [-0.05, 0) is 12.1 Å². The Bertz CT molecular complexity index is 849. The number of halogens is 6. The average Bonchev–Trinajstić information content (AvgIpc) is 2.55. The van der Waals surface area contributed by atoms with E-state index in [1.54, 1.807) is 0 Å². The number of aromatic nitrogens is 1. The fourth-order valence-corrected chi connectivity index (χ4v) is 2.26. The normalized spacial score (nSPS) is 12.1. The largest absolute Gasteiger partial charge is 0.482 e. The topological polar surface area (TPSA) is 106 Å². The Morgan fingerprint density at radius 3 is 1.82 bits per heavy atom. The number of fused-ring (bicyclic) bond motifs is 1. The molecule has 28 heavy (non-hydrogen) atoms. The van der Waals surface area contributed by atoms with E-state index in [1.807, 2.05) is 0 Å². The van der Waals surface area contributed by atoms with Crippen molar-refractivity contribution in [3.63, 3.8) is 0 Å². The van der Waals surface area contributed by atoms with Gasteiger partial charge >= 0.3 is 24.3 Å². The summed E-state index contributed by atoms with van der Waals surface area (Å²) >= 11 is 0. The number of rotatable bonds is 6. The van der Waals surface area contributed by atoms with Gasteiger partial charge in [0, 0.05) is 11.6 Å². The standard InChI is InChI=1S/C15H9F6NO6/c16-14(17,18)4-27-10-6-2-1-3-22-9(6)11(28-5-15(19,20)21)8(13(25)26)7(10)12(23)24/h1-3H,4-5H2,(H,23,24)(H,25,26). The van der Waals surface area contributed by atoms with E-state index in [1.165, 1.54) is 0 Å². The summed E-state index contributed by atoms with van der Waals surface area (Å²) in [5, 5.41) is 18.2. The molecule has 0 atom stereocenters. The molecule has 1 heterocycles. The van der Waals surface area contributed by atoms with Gasteiger partial charge in [-0.1, -0.05) is 0 Å². The Labute approximate surface area is 151 Å². The molecule has 0 saturated carbocycles. The fourth-order valence-electron chi connectivity index (χ4n) is 2.26. The van der Waals surface area contributed by atoms with E-state index >= 15 is 0 Å². The average molecular weight is 413 g/mol. The number of ether oxygens (including phenoxy) is 2. The first-order valence-electron chi connectivity index (χ1n) is 7.12. The van der Waals surface area contributed by atoms with Gasteiger partial charge in [0.2, 0.25) is 0 Å². The van der Waals surface area contributed by atoms with Gasteiger partial charge in [-0.2, -0.15) is 26.3 Å². The molecule has 0 bridgehead atoms. The Morgan fingerprint density at radius 1 is 0.893 bits per heavy atom. The van der Waals surface area contributed by atoms with Gasteiger partial charge in [0.05, 0.1) is 0 Å². The van der Waals surface area contributed by atoms with Gasteiger partial charge in [0.15, 0.2) is 19.0 Å². The third-order valence-electron chi connectivity index (χ3n) is 3.16. The van der Waals surface area contributed by atoms with Crippen LogP contribution < -0.4 is 9.47 Å². The van der Waals surface area contributed by atoms with Crippen LogP contribution in [0.5, 0.6) is 11.5 Å². The van der Waals surface area contributed by atoms with E-state index < -0.39 is 71.0 Å². The fraction of sp³-hybridized carbons (Fsp3) is 0.267. The summed E-state index contributed by atoms with van der Waals surface area (Å²) in [4.78, 5) is 26.7. The first kappa shape index (κ1) is 21.1. The van der Waals surface area contributed by atoms with E-state index in [4.69, 9.17) is 0 Å². The maximum absolute atomic E-state index is 12.5. The Balaban J connectivity index is 2.83. The molecular formula is C15H9F6NO6. The van der Waals surface area contributed by atoms with Gasteiger partial charge in [-0.3, -0.25) is 4.98 Å². The van der Waals surface area contributed by atoms with Crippen molar-refractivity contribution in [1.29, 1.82) is 0 Å². The van der Waals surface area contributed by atoms with Crippen molar-refractivity contribution in [2.24, 2.45) is 0 Å². The molecule has 152 valence electrons. The first-order valence-corrected chi connectivity index (χ1v) is 7.12. The summed E-state index contributed by atoms with van der Waals surface area (Å²) in [5.74, 6) is -6.17. The molecule has 0 unspecified atom stereocenters. The molecule has 0 amide bonds. The third-order valence-corrected chi connectivity index (χ3v) is 3.16.